The van der Waals surface area contributed by atoms with Crippen LogP contribution in [0.5, 0.6) is 0 Å². The molecule has 0 aromatic heterocycles. The third kappa shape index (κ3) is 3.99. The summed E-state index contributed by atoms with van der Waals surface area (Å²) >= 11 is 1.71. The molecule has 11 heavy (non-hydrogen) atoms. The molecule has 1 aliphatic heterocycles. The second-order valence-corrected chi connectivity index (χ2v) is 3.70. The van der Waals surface area contributed by atoms with E-state index >= 15 is 0 Å². The fourth-order valence-electron chi connectivity index (χ4n) is 1.49. The van der Waals surface area contributed by atoms with Crippen LogP contribution in [-0.2, 0) is 0 Å². The van der Waals surface area contributed by atoms with E-state index in [2.05, 4.69) is 15.9 Å². The average Bonchev–Trinajstić information content (AvgIpc) is 2.07. The van der Waals surface area contributed by atoms with Crippen molar-refractivity contribution >= 4 is 11.9 Å². The van der Waals surface area contributed by atoms with Crippen molar-refractivity contribution in [3.05, 3.63) is 0 Å². The Morgan fingerprint density at radius 3 is 2.64 bits per heavy atom. The summed E-state index contributed by atoms with van der Waals surface area (Å²) in [5, 5.41) is 0. The summed E-state index contributed by atoms with van der Waals surface area (Å²) in [6, 6.07) is 0. The average molecular weight is 174 g/mol. The van der Waals surface area contributed by atoms with Crippen LogP contribution in [0.25, 0.3) is 0 Å². The molecule has 0 saturated carbocycles. The van der Waals surface area contributed by atoms with Crippen LogP contribution < -0.4 is 4.72 Å². The zero-order chi connectivity index (χ0) is 7.94. The van der Waals surface area contributed by atoms with E-state index in [1.165, 1.54) is 38.9 Å². The van der Waals surface area contributed by atoms with E-state index in [1.54, 1.807) is 11.9 Å². The van der Waals surface area contributed by atoms with E-state index in [-0.39, 0.29) is 0 Å². The number of hydrogen-bond acceptors (Lipinski definition) is 3. The molecule has 0 spiro atoms. The van der Waals surface area contributed by atoms with Crippen molar-refractivity contribution in [1.29, 1.82) is 0 Å². The lowest BCUT2D eigenvalue weighted by Gasteiger charge is -2.26. The standard InChI is InChI=1S/C8H18N2S/c1-11-9-5-8-10-6-3-2-4-7-10/h9H,2-8H2,1H3. The SMILES string of the molecule is CSNCCN1CCCCC1. The highest BCUT2D eigenvalue weighted by Crippen LogP contribution is 2.07. The van der Waals surface area contributed by atoms with Crippen molar-refractivity contribution in [3.8, 4) is 0 Å². The van der Waals surface area contributed by atoms with E-state index in [9.17, 15) is 0 Å². The Balaban J connectivity index is 1.96. The Morgan fingerprint density at radius 2 is 2.00 bits per heavy atom. The number of hydrogen-bond donors (Lipinski definition) is 1. The van der Waals surface area contributed by atoms with Crippen molar-refractivity contribution in [2.75, 3.05) is 32.4 Å². The quantitative estimate of drug-likeness (QED) is 0.511. The predicted molar refractivity (Wildman–Crippen MR) is 51.8 cm³/mol. The van der Waals surface area contributed by atoms with Crippen molar-refractivity contribution in [1.82, 2.24) is 9.62 Å². The van der Waals surface area contributed by atoms with Gasteiger partial charge in [-0.25, -0.2) is 0 Å². The molecule has 0 atom stereocenters. The fourth-order valence-corrected chi connectivity index (χ4v) is 1.78. The maximum Gasteiger partial charge on any atom is 0.0186 e. The second-order valence-electron chi connectivity index (χ2n) is 3.00. The minimum atomic E-state index is 1.13. The van der Waals surface area contributed by atoms with Gasteiger partial charge in [0.05, 0.1) is 0 Å². The van der Waals surface area contributed by atoms with Crippen molar-refractivity contribution in [3.63, 3.8) is 0 Å². The summed E-state index contributed by atoms with van der Waals surface area (Å²) in [6.07, 6.45) is 6.32. The largest absolute Gasteiger partial charge is 0.302 e. The van der Waals surface area contributed by atoms with Crippen LogP contribution in [0.4, 0.5) is 0 Å². The summed E-state index contributed by atoms with van der Waals surface area (Å²) in [5.74, 6) is 0. The predicted octanol–water partition coefficient (Wildman–Crippen LogP) is 1.34. The second kappa shape index (κ2) is 5.86. The Bertz CT molecular complexity index is 92.1. The third-order valence-electron chi connectivity index (χ3n) is 2.12. The summed E-state index contributed by atoms with van der Waals surface area (Å²) in [5.41, 5.74) is 0. The molecule has 0 aliphatic carbocycles. The fraction of sp³-hybridized carbons (Fsp3) is 1.00. The summed E-state index contributed by atoms with van der Waals surface area (Å²) in [7, 11) is 0. The number of likely N-dealkylation sites (tertiary alicyclic amines) is 1. The lowest BCUT2D eigenvalue weighted by Crippen LogP contribution is -2.34. The molecule has 0 amide bonds. The molecule has 1 heterocycles. The number of nitrogens with one attached hydrogen (secondary N) is 1. The minimum absolute atomic E-state index is 1.13. The van der Waals surface area contributed by atoms with E-state index < -0.39 is 0 Å². The highest BCUT2D eigenvalue weighted by Gasteiger charge is 2.08. The highest BCUT2D eigenvalue weighted by atomic mass is 32.2. The van der Waals surface area contributed by atoms with Crippen molar-refractivity contribution in [2.24, 2.45) is 0 Å². The first-order valence-corrected chi connectivity index (χ1v) is 5.64. The van der Waals surface area contributed by atoms with Gasteiger partial charge in [-0.1, -0.05) is 18.4 Å². The Kier molecular flexibility index (Phi) is 4.99. The van der Waals surface area contributed by atoms with E-state index in [0.29, 0.717) is 0 Å². The van der Waals surface area contributed by atoms with Crippen LogP contribution in [-0.4, -0.2) is 37.3 Å². The van der Waals surface area contributed by atoms with Gasteiger partial charge in [0.1, 0.15) is 0 Å². The van der Waals surface area contributed by atoms with Gasteiger partial charge in [-0.05, 0) is 32.2 Å². The zero-order valence-corrected chi connectivity index (χ0v) is 8.12. The summed E-state index contributed by atoms with van der Waals surface area (Å²) < 4.78 is 3.27. The number of rotatable bonds is 4. The number of nitrogens with zero attached hydrogens (tertiary/aromatic N) is 1. The smallest absolute Gasteiger partial charge is 0.0186 e. The number of piperidine rings is 1. The molecule has 2 nitrogen and oxygen atoms in total. The molecule has 66 valence electrons. The molecule has 1 aliphatic rings. The van der Waals surface area contributed by atoms with Gasteiger partial charge < -0.3 is 4.90 Å². The molecule has 0 aromatic carbocycles. The molecule has 1 N–H and O–H groups in total. The van der Waals surface area contributed by atoms with Crippen molar-refractivity contribution < 1.29 is 0 Å². The van der Waals surface area contributed by atoms with Gasteiger partial charge in [0, 0.05) is 13.1 Å². The molecule has 1 fully saturated rings. The van der Waals surface area contributed by atoms with Gasteiger partial charge in [0.15, 0.2) is 0 Å². The normalized spacial score (nSPS) is 20.5. The highest BCUT2D eigenvalue weighted by molar-refractivity contribution is 7.96. The van der Waals surface area contributed by atoms with Crippen LogP contribution in [0, 0.1) is 0 Å². The molecule has 0 radical (unpaired) electrons. The molecular formula is C8H18N2S. The first-order chi connectivity index (χ1) is 5.43. The maximum absolute atomic E-state index is 3.27. The lowest BCUT2D eigenvalue weighted by molar-refractivity contribution is 0.233. The van der Waals surface area contributed by atoms with Crippen molar-refractivity contribution in [2.45, 2.75) is 19.3 Å². The van der Waals surface area contributed by atoms with Gasteiger partial charge in [0.25, 0.3) is 0 Å². The van der Waals surface area contributed by atoms with Crippen LogP contribution in [0.15, 0.2) is 0 Å². The van der Waals surface area contributed by atoms with Gasteiger partial charge in [-0.3, -0.25) is 4.72 Å². The van der Waals surface area contributed by atoms with E-state index in [1.807, 2.05) is 0 Å². The zero-order valence-electron chi connectivity index (χ0n) is 7.31. The summed E-state index contributed by atoms with van der Waals surface area (Å²) in [4.78, 5) is 2.55. The molecule has 0 aromatic rings. The van der Waals surface area contributed by atoms with Gasteiger partial charge in [0.2, 0.25) is 0 Å². The Morgan fingerprint density at radius 1 is 1.27 bits per heavy atom. The van der Waals surface area contributed by atoms with Crippen LogP contribution in [0.1, 0.15) is 19.3 Å². The molecular weight excluding hydrogens is 156 g/mol. The minimum Gasteiger partial charge on any atom is -0.302 e. The third-order valence-corrected chi connectivity index (χ3v) is 2.62. The first-order valence-electron chi connectivity index (χ1n) is 4.41. The molecule has 3 heteroatoms. The monoisotopic (exact) mass is 174 g/mol. The van der Waals surface area contributed by atoms with Gasteiger partial charge >= 0.3 is 0 Å². The topological polar surface area (TPSA) is 15.3 Å². The van der Waals surface area contributed by atoms with Gasteiger partial charge in [-0.15, -0.1) is 0 Å². The Hall–Kier alpha value is 0.270. The van der Waals surface area contributed by atoms with Crippen LogP contribution in [0.2, 0.25) is 0 Å². The molecule has 1 saturated heterocycles. The van der Waals surface area contributed by atoms with E-state index in [0.717, 1.165) is 6.54 Å². The maximum atomic E-state index is 3.27. The first kappa shape index (κ1) is 9.36. The van der Waals surface area contributed by atoms with E-state index in [4.69, 9.17) is 0 Å². The van der Waals surface area contributed by atoms with Gasteiger partial charge in [-0.2, -0.15) is 0 Å². The Labute approximate surface area is 73.9 Å². The van der Waals surface area contributed by atoms with Crippen LogP contribution >= 0.6 is 11.9 Å². The summed E-state index contributed by atoms with van der Waals surface area (Å²) in [6.45, 7) is 4.98. The lowest BCUT2D eigenvalue weighted by atomic mass is 10.1. The molecule has 1 rings (SSSR count). The molecule has 0 bridgehead atoms. The van der Waals surface area contributed by atoms with Crippen LogP contribution in [0.3, 0.4) is 0 Å². The molecule has 0 unspecified atom stereocenters.